The van der Waals surface area contributed by atoms with E-state index in [0.717, 1.165) is 10.9 Å². The molecule has 1 heterocycles. The zero-order valence-corrected chi connectivity index (χ0v) is 10.9. The summed E-state index contributed by atoms with van der Waals surface area (Å²) in [7, 11) is 0. The molecule has 0 aliphatic rings. The molecule has 0 aliphatic heterocycles. The van der Waals surface area contributed by atoms with Crippen LogP contribution in [0.1, 0.15) is 24.2 Å². The third-order valence-corrected chi connectivity index (χ3v) is 2.68. The van der Waals surface area contributed by atoms with Crippen LogP contribution in [-0.2, 0) is 0 Å². The van der Waals surface area contributed by atoms with Crippen LogP contribution in [-0.4, -0.2) is 23.2 Å². The lowest BCUT2D eigenvalue weighted by molar-refractivity contribution is 0.103. The van der Waals surface area contributed by atoms with Gasteiger partial charge in [-0.25, -0.2) is 0 Å². The number of nitrogens with one attached hydrogen (secondary N) is 1. The summed E-state index contributed by atoms with van der Waals surface area (Å²) < 4.78 is 0. The first kappa shape index (κ1) is 13.0. The highest BCUT2D eigenvalue weighted by Gasteiger charge is 2.15. The Balaban J connectivity index is 2.47. The van der Waals surface area contributed by atoms with E-state index in [-0.39, 0.29) is 5.78 Å². The van der Waals surface area contributed by atoms with Crippen LogP contribution in [0.5, 0.6) is 0 Å². The van der Waals surface area contributed by atoms with Crippen LogP contribution in [0.3, 0.4) is 0 Å². The summed E-state index contributed by atoms with van der Waals surface area (Å²) in [5.41, 5.74) is 1.87. The number of aliphatic imine (C=N–C) groups is 2. The van der Waals surface area contributed by atoms with E-state index in [0.29, 0.717) is 11.3 Å². The predicted molar refractivity (Wildman–Crippen MR) is 79.0 cm³/mol. The van der Waals surface area contributed by atoms with Crippen molar-refractivity contribution in [3.8, 4) is 0 Å². The third-order valence-electron chi connectivity index (χ3n) is 2.68. The number of fused-ring (bicyclic) bond motifs is 1. The molecule has 0 amide bonds. The Morgan fingerprint density at radius 1 is 1.21 bits per heavy atom. The molecular formula is C15H15N3O. The highest BCUT2D eigenvalue weighted by Crippen LogP contribution is 2.21. The Kier molecular flexibility index (Phi) is 4.03. The van der Waals surface area contributed by atoms with Crippen LogP contribution in [0, 0.1) is 0 Å². The fraction of sp³-hybridized carbons (Fsp3) is 0.133. The Morgan fingerprint density at radius 2 is 2.00 bits per heavy atom. The van der Waals surface area contributed by atoms with Crippen molar-refractivity contribution < 1.29 is 4.79 Å². The molecule has 0 bridgehead atoms. The average Bonchev–Trinajstić information content (AvgIpc) is 2.86. The largest absolute Gasteiger partial charge is 0.360 e. The van der Waals surface area contributed by atoms with Gasteiger partial charge in [0.15, 0.2) is 0 Å². The summed E-state index contributed by atoms with van der Waals surface area (Å²) in [4.78, 5) is 23.6. The van der Waals surface area contributed by atoms with Crippen molar-refractivity contribution >= 4 is 29.1 Å². The molecule has 1 aromatic heterocycles. The second-order valence-corrected chi connectivity index (χ2v) is 3.89. The van der Waals surface area contributed by atoms with Gasteiger partial charge in [-0.15, -0.1) is 0 Å². The number of carbonyl (C=O) groups is 1. The average molecular weight is 253 g/mol. The van der Waals surface area contributed by atoms with E-state index in [4.69, 9.17) is 0 Å². The van der Waals surface area contributed by atoms with Crippen LogP contribution in [0.4, 0.5) is 0 Å². The standard InChI is InChI=1S/C15H15N3O/c1-3-16-10-14(17-4-2)15(19)12-9-18-13-8-6-5-7-11(12)13/h3-10,18H,1-2H3/b14-10-,16-3-,17-4-. The van der Waals surface area contributed by atoms with Crippen LogP contribution in [0.15, 0.2) is 52.3 Å². The van der Waals surface area contributed by atoms with Gasteiger partial charge in [-0.2, -0.15) is 0 Å². The fourth-order valence-electron chi connectivity index (χ4n) is 1.83. The fourth-order valence-corrected chi connectivity index (χ4v) is 1.83. The zero-order valence-electron chi connectivity index (χ0n) is 10.9. The van der Waals surface area contributed by atoms with Gasteiger partial charge >= 0.3 is 0 Å². The van der Waals surface area contributed by atoms with Gasteiger partial charge in [0.2, 0.25) is 5.78 Å². The van der Waals surface area contributed by atoms with Crippen LogP contribution >= 0.6 is 0 Å². The third kappa shape index (κ3) is 2.68. The van der Waals surface area contributed by atoms with Crippen molar-refractivity contribution in [3.63, 3.8) is 0 Å². The second-order valence-electron chi connectivity index (χ2n) is 3.89. The van der Waals surface area contributed by atoms with Gasteiger partial charge in [0.1, 0.15) is 5.70 Å². The molecule has 2 aromatic rings. The molecule has 0 radical (unpaired) electrons. The second kappa shape index (κ2) is 5.91. The molecule has 4 heteroatoms. The molecule has 19 heavy (non-hydrogen) atoms. The lowest BCUT2D eigenvalue weighted by Crippen LogP contribution is -2.01. The lowest BCUT2D eigenvalue weighted by atomic mass is 10.1. The highest BCUT2D eigenvalue weighted by molar-refractivity contribution is 6.16. The van der Waals surface area contributed by atoms with E-state index in [9.17, 15) is 4.79 Å². The molecule has 0 spiro atoms. The number of H-pyrrole nitrogens is 1. The lowest BCUT2D eigenvalue weighted by Gasteiger charge is -1.99. The van der Waals surface area contributed by atoms with Gasteiger partial charge < -0.3 is 4.98 Å². The summed E-state index contributed by atoms with van der Waals surface area (Å²) in [5.74, 6) is -0.138. The summed E-state index contributed by atoms with van der Waals surface area (Å²) in [6, 6.07) is 7.68. The minimum absolute atomic E-state index is 0.138. The number of Topliss-reactive ketones (excluding diaryl/α,β-unsaturated/α-hetero) is 1. The summed E-state index contributed by atoms with van der Waals surface area (Å²) in [6.45, 7) is 3.56. The van der Waals surface area contributed by atoms with E-state index in [1.807, 2.05) is 24.3 Å². The number of allylic oxidation sites excluding steroid dienone is 1. The Hall–Kier alpha value is -2.49. The Morgan fingerprint density at radius 3 is 2.74 bits per heavy atom. The molecule has 0 saturated heterocycles. The summed E-state index contributed by atoms with van der Waals surface area (Å²) >= 11 is 0. The maximum Gasteiger partial charge on any atom is 0.215 e. The molecule has 2 rings (SSSR count). The van der Waals surface area contributed by atoms with Gasteiger partial charge in [0.25, 0.3) is 0 Å². The molecular weight excluding hydrogens is 238 g/mol. The Bertz CT molecular complexity index is 678. The number of nitrogens with zero attached hydrogens (tertiary/aromatic N) is 2. The molecule has 0 unspecified atom stereocenters. The molecule has 4 nitrogen and oxygen atoms in total. The van der Waals surface area contributed by atoms with Gasteiger partial charge in [-0.1, -0.05) is 18.2 Å². The molecule has 0 saturated carbocycles. The van der Waals surface area contributed by atoms with Crippen molar-refractivity contribution in [1.29, 1.82) is 0 Å². The number of aromatic amines is 1. The maximum atomic E-state index is 12.4. The molecule has 1 N–H and O–H groups in total. The topological polar surface area (TPSA) is 57.6 Å². The zero-order chi connectivity index (χ0) is 13.7. The van der Waals surface area contributed by atoms with Gasteiger partial charge in [0, 0.05) is 35.1 Å². The van der Waals surface area contributed by atoms with E-state index in [2.05, 4.69) is 15.0 Å². The monoisotopic (exact) mass is 253 g/mol. The minimum Gasteiger partial charge on any atom is -0.360 e. The smallest absolute Gasteiger partial charge is 0.215 e. The SMILES string of the molecule is C\C=N/C=C(\N=C/C)C(=O)c1c[nH]c2ccccc12. The van der Waals surface area contributed by atoms with Crippen molar-refractivity contribution in [2.24, 2.45) is 9.98 Å². The van der Waals surface area contributed by atoms with E-state index in [1.54, 1.807) is 32.5 Å². The van der Waals surface area contributed by atoms with E-state index < -0.39 is 0 Å². The van der Waals surface area contributed by atoms with Gasteiger partial charge in [0.05, 0.1) is 6.20 Å². The van der Waals surface area contributed by atoms with Crippen LogP contribution in [0.2, 0.25) is 0 Å². The molecule has 96 valence electrons. The summed E-state index contributed by atoms with van der Waals surface area (Å²) in [5, 5.41) is 0.894. The normalized spacial score (nSPS) is 12.8. The first-order valence-corrected chi connectivity index (χ1v) is 6.05. The van der Waals surface area contributed by atoms with Crippen molar-refractivity contribution in [1.82, 2.24) is 4.98 Å². The van der Waals surface area contributed by atoms with Gasteiger partial charge in [-0.05, 0) is 19.9 Å². The first-order valence-electron chi connectivity index (χ1n) is 6.05. The molecule has 0 aliphatic carbocycles. The molecule has 0 atom stereocenters. The summed E-state index contributed by atoms with van der Waals surface area (Å²) in [6.07, 6.45) is 6.39. The number of carbonyl (C=O) groups excluding carboxylic acids is 1. The number of para-hydroxylation sites is 1. The number of benzene rings is 1. The maximum absolute atomic E-state index is 12.4. The quantitative estimate of drug-likeness (QED) is 0.507. The molecule has 1 aromatic carbocycles. The number of aromatic nitrogens is 1. The Labute approximate surface area is 111 Å². The van der Waals surface area contributed by atoms with E-state index >= 15 is 0 Å². The van der Waals surface area contributed by atoms with Crippen LogP contribution in [0.25, 0.3) is 10.9 Å². The van der Waals surface area contributed by atoms with Crippen LogP contribution < -0.4 is 0 Å². The van der Waals surface area contributed by atoms with Gasteiger partial charge in [-0.3, -0.25) is 14.8 Å². The first-order chi connectivity index (χ1) is 9.27. The molecule has 0 fully saturated rings. The van der Waals surface area contributed by atoms with Crippen molar-refractivity contribution in [2.75, 3.05) is 0 Å². The van der Waals surface area contributed by atoms with Crippen molar-refractivity contribution in [3.05, 3.63) is 47.9 Å². The minimum atomic E-state index is -0.138. The van der Waals surface area contributed by atoms with Crippen molar-refractivity contribution in [2.45, 2.75) is 13.8 Å². The highest BCUT2D eigenvalue weighted by atomic mass is 16.1. The number of hydrogen-bond acceptors (Lipinski definition) is 3. The predicted octanol–water partition coefficient (Wildman–Crippen LogP) is 3.37. The van der Waals surface area contributed by atoms with E-state index in [1.165, 1.54) is 6.20 Å². The number of rotatable bonds is 4. The number of ketones is 1. The number of hydrogen-bond donors (Lipinski definition) is 1.